The van der Waals surface area contributed by atoms with Crippen molar-refractivity contribution >= 4 is 21.7 Å². The first-order valence-corrected chi connectivity index (χ1v) is 7.78. The molecular formula is C21H15NO2. The number of benzene rings is 2. The van der Waals surface area contributed by atoms with Gasteiger partial charge in [-0.1, -0.05) is 48.5 Å². The Morgan fingerprint density at radius 2 is 1.62 bits per heavy atom. The van der Waals surface area contributed by atoms with Crippen LogP contribution in [0.1, 0.15) is 5.56 Å². The Morgan fingerprint density at radius 1 is 0.833 bits per heavy atom. The summed E-state index contributed by atoms with van der Waals surface area (Å²) in [4.78, 5) is 17.5. The normalized spacial score (nSPS) is 11.0. The molecular weight excluding hydrogens is 298 g/mol. The maximum atomic E-state index is 13.0. The fourth-order valence-corrected chi connectivity index (χ4v) is 2.94. The van der Waals surface area contributed by atoms with Crippen LogP contribution in [0.15, 0.2) is 77.7 Å². The van der Waals surface area contributed by atoms with Crippen molar-refractivity contribution in [3.05, 3.63) is 88.7 Å². The number of rotatable bonds is 2. The summed E-state index contributed by atoms with van der Waals surface area (Å²) in [5.41, 5.74) is 3.27. The van der Waals surface area contributed by atoms with Gasteiger partial charge in [0, 0.05) is 22.5 Å². The van der Waals surface area contributed by atoms with Crippen molar-refractivity contribution in [2.24, 2.45) is 0 Å². The molecule has 1 heterocycles. The van der Waals surface area contributed by atoms with Gasteiger partial charge in [-0.15, -0.1) is 0 Å². The molecule has 0 saturated carbocycles. The van der Waals surface area contributed by atoms with Crippen LogP contribution in [-0.4, -0.2) is 10.1 Å². The summed E-state index contributed by atoms with van der Waals surface area (Å²) in [6.07, 6.45) is 1.79. The lowest BCUT2D eigenvalue weighted by molar-refractivity contribution is 0.282. The summed E-state index contributed by atoms with van der Waals surface area (Å²) < 4.78 is 0. The van der Waals surface area contributed by atoms with Gasteiger partial charge in [-0.05, 0) is 34.7 Å². The standard InChI is InChI=1S/C21H15NO2/c23-13-14-6-7-16-8-9-20-19(21(24)18(16)10-14)11-17(12-22-20)15-4-2-1-3-5-15/h1-12,23H,13H2. The lowest BCUT2D eigenvalue weighted by Crippen LogP contribution is -2.00. The van der Waals surface area contributed by atoms with Crippen molar-refractivity contribution in [2.75, 3.05) is 0 Å². The van der Waals surface area contributed by atoms with Gasteiger partial charge in [0.1, 0.15) is 0 Å². The molecule has 0 aliphatic carbocycles. The van der Waals surface area contributed by atoms with Crippen molar-refractivity contribution in [1.82, 2.24) is 4.98 Å². The first-order valence-electron chi connectivity index (χ1n) is 7.78. The second-order valence-electron chi connectivity index (χ2n) is 5.76. The minimum absolute atomic E-state index is 0.0643. The molecule has 24 heavy (non-hydrogen) atoms. The maximum Gasteiger partial charge on any atom is 0.195 e. The molecule has 4 rings (SSSR count). The number of pyridine rings is 1. The molecule has 4 aromatic rings. The van der Waals surface area contributed by atoms with E-state index in [-0.39, 0.29) is 12.0 Å². The van der Waals surface area contributed by atoms with Crippen LogP contribution in [0.25, 0.3) is 32.8 Å². The van der Waals surface area contributed by atoms with Crippen molar-refractivity contribution in [3.8, 4) is 11.1 Å². The fourth-order valence-electron chi connectivity index (χ4n) is 2.94. The molecule has 0 unspecified atom stereocenters. The molecule has 0 spiro atoms. The predicted molar refractivity (Wildman–Crippen MR) is 96.9 cm³/mol. The van der Waals surface area contributed by atoms with E-state index >= 15 is 0 Å². The van der Waals surface area contributed by atoms with Crippen LogP contribution in [-0.2, 0) is 6.61 Å². The Kier molecular flexibility index (Phi) is 3.56. The van der Waals surface area contributed by atoms with Crippen LogP contribution >= 0.6 is 0 Å². The summed E-state index contributed by atoms with van der Waals surface area (Å²) in [5, 5.41) is 11.4. The Bertz CT molecular complexity index is 1110. The molecule has 3 nitrogen and oxygen atoms in total. The molecule has 0 aliphatic heterocycles. The summed E-state index contributed by atoms with van der Waals surface area (Å²) in [6, 6.07) is 21.0. The minimum atomic E-state index is -0.0839. The van der Waals surface area contributed by atoms with Gasteiger partial charge < -0.3 is 5.11 Å². The second kappa shape index (κ2) is 5.87. The third kappa shape index (κ3) is 2.45. The highest BCUT2D eigenvalue weighted by Crippen LogP contribution is 2.22. The third-order valence-electron chi connectivity index (χ3n) is 4.24. The van der Waals surface area contributed by atoms with Crippen LogP contribution in [0.3, 0.4) is 0 Å². The first kappa shape index (κ1) is 14.5. The molecule has 0 aliphatic rings. The number of aromatic nitrogens is 1. The highest BCUT2D eigenvalue weighted by atomic mass is 16.3. The zero-order valence-electron chi connectivity index (χ0n) is 12.9. The van der Waals surface area contributed by atoms with Gasteiger partial charge in [-0.2, -0.15) is 0 Å². The molecule has 1 aromatic heterocycles. The van der Waals surface area contributed by atoms with E-state index in [2.05, 4.69) is 4.98 Å². The summed E-state index contributed by atoms with van der Waals surface area (Å²) >= 11 is 0. The van der Waals surface area contributed by atoms with Gasteiger partial charge in [-0.25, -0.2) is 0 Å². The monoisotopic (exact) mass is 313 g/mol. The molecule has 0 radical (unpaired) electrons. The van der Waals surface area contributed by atoms with E-state index < -0.39 is 0 Å². The smallest absolute Gasteiger partial charge is 0.195 e. The van der Waals surface area contributed by atoms with E-state index in [1.807, 2.05) is 60.7 Å². The first-order chi connectivity index (χ1) is 11.8. The van der Waals surface area contributed by atoms with Gasteiger partial charge >= 0.3 is 0 Å². The average Bonchev–Trinajstić information content (AvgIpc) is 2.79. The quantitative estimate of drug-likeness (QED) is 0.610. The number of fused-ring (bicyclic) bond motifs is 2. The number of hydrogen-bond acceptors (Lipinski definition) is 3. The molecule has 0 atom stereocenters. The molecule has 0 saturated heterocycles. The van der Waals surface area contributed by atoms with Crippen molar-refractivity contribution in [3.63, 3.8) is 0 Å². The molecule has 116 valence electrons. The van der Waals surface area contributed by atoms with E-state index in [9.17, 15) is 9.90 Å². The number of hydrogen-bond donors (Lipinski definition) is 1. The Labute approximate surface area is 138 Å². The predicted octanol–water partition coefficient (Wildman–Crippen LogP) is 3.91. The molecule has 0 bridgehead atoms. The number of aliphatic hydroxyl groups is 1. The van der Waals surface area contributed by atoms with E-state index in [0.717, 1.165) is 22.1 Å². The maximum absolute atomic E-state index is 13.0. The van der Waals surface area contributed by atoms with E-state index in [0.29, 0.717) is 16.3 Å². The van der Waals surface area contributed by atoms with Crippen LogP contribution in [0.2, 0.25) is 0 Å². The molecule has 3 heteroatoms. The number of aliphatic hydroxyl groups excluding tert-OH is 1. The fraction of sp³-hybridized carbons (Fsp3) is 0.0476. The van der Waals surface area contributed by atoms with Gasteiger partial charge in [0.15, 0.2) is 5.43 Å². The second-order valence-corrected chi connectivity index (χ2v) is 5.76. The average molecular weight is 313 g/mol. The molecule has 1 N–H and O–H groups in total. The Hall–Kier alpha value is -3.04. The topological polar surface area (TPSA) is 50.2 Å². The van der Waals surface area contributed by atoms with E-state index in [1.165, 1.54) is 0 Å². The minimum Gasteiger partial charge on any atom is -0.392 e. The van der Waals surface area contributed by atoms with Crippen molar-refractivity contribution in [1.29, 1.82) is 0 Å². The van der Waals surface area contributed by atoms with E-state index in [1.54, 1.807) is 12.3 Å². The van der Waals surface area contributed by atoms with Gasteiger partial charge in [0.2, 0.25) is 0 Å². The zero-order chi connectivity index (χ0) is 16.5. The highest BCUT2D eigenvalue weighted by Gasteiger charge is 2.06. The SMILES string of the molecule is O=c1c2cc(CO)ccc2ccc2ncc(-c3ccccc3)cc12. The lowest BCUT2D eigenvalue weighted by Gasteiger charge is -2.01. The van der Waals surface area contributed by atoms with Crippen LogP contribution in [0, 0.1) is 0 Å². The molecule has 3 aromatic carbocycles. The largest absolute Gasteiger partial charge is 0.392 e. The van der Waals surface area contributed by atoms with Crippen LogP contribution in [0.5, 0.6) is 0 Å². The molecule has 0 amide bonds. The molecule has 0 fully saturated rings. The Morgan fingerprint density at radius 3 is 2.42 bits per heavy atom. The summed E-state index contributed by atoms with van der Waals surface area (Å²) in [6.45, 7) is -0.0839. The van der Waals surface area contributed by atoms with Gasteiger partial charge in [0.05, 0.1) is 12.1 Å². The summed E-state index contributed by atoms with van der Waals surface area (Å²) in [5.74, 6) is 0. The van der Waals surface area contributed by atoms with Gasteiger partial charge in [-0.3, -0.25) is 9.78 Å². The highest BCUT2D eigenvalue weighted by molar-refractivity contribution is 5.93. The van der Waals surface area contributed by atoms with Crippen molar-refractivity contribution in [2.45, 2.75) is 6.61 Å². The lowest BCUT2D eigenvalue weighted by atomic mass is 10.1. The van der Waals surface area contributed by atoms with Crippen molar-refractivity contribution < 1.29 is 5.11 Å². The van der Waals surface area contributed by atoms with Crippen LogP contribution < -0.4 is 5.43 Å². The van der Waals surface area contributed by atoms with Crippen LogP contribution in [0.4, 0.5) is 0 Å². The third-order valence-corrected chi connectivity index (χ3v) is 4.24. The zero-order valence-corrected chi connectivity index (χ0v) is 12.9. The van der Waals surface area contributed by atoms with E-state index in [4.69, 9.17) is 0 Å². The Balaban J connectivity index is 2.07. The number of nitrogens with zero attached hydrogens (tertiary/aromatic N) is 1. The summed E-state index contributed by atoms with van der Waals surface area (Å²) in [7, 11) is 0. The van der Waals surface area contributed by atoms with Gasteiger partial charge in [0.25, 0.3) is 0 Å².